The maximum atomic E-state index is 12.2. The predicted octanol–water partition coefficient (Wildman–Crippen LogP) is 2.64. The Balaban J connectivity index is 1.33. The largest absolute Gasteiger partial charge is 0.322 e. The highest BCUT2D eigenvalue weighted by Crippen LogP contribution is 2.36. The SMILES string of the molecule is O=C(Nc1ccccc1)N1CC2(CC(=O)N(Cc3ccccc3)O2)C1. The molecule has 0 unspecified atom stereocenters. The van der Waals surface area contributed by atoms with Gasteiger partial charge in [0, 0.05) is 5.69 Å². The Morgan fingerprint density at radius 2 is 1.68 bits per heavy atom. The predicted molar refractivity (Wildman–Crippen MR) is 92.5 cm³/mol. The van der Waals surface area contributed by atoms with Gasteiger partial charge in [-0.2, -0.15) is 0 Å². The summed E-state index contributed by atoms with van der Waals surface area (Å²) in [5.41, 5.74) is 1.20. The normalized spacial score (nSPS) is 18.3. The smallest absolute Gasteiger partial charge is 0.318 e. The van der Waals surface area contributed by atoms with Crippen molar-refractivity contribution in [2.45, 2.75) is 18.6 Å². The number of nitrogens with one attached hydrogen (secondary N) is 1. The molecule has 2 fully saturated rings. The topological polar surface area (TPSA) is 61.9 Å². The number of urea groups is 1. The van der Waals surface area contributed by atoms with E-state index in [1.807, 2.05) is 60.7 Å². The zero-order valence-corrected chi connectivity index (χ0v) is 13.7. The van der Waals surface area contributed by atoms with Crippen LogP contribution in [0.1, 0.15) is 12.0 Å². The first-order valence-electron chi connectivity index (χ1n) is 8.28. The molecule has 0 radical (unpaired) electrons. The molecule has 2 saturated heterocycles. The molecular weight excluding hydrogens is 318 g/mol. The Hall–Kier alpha value is -2.86. The van der Waals surface area contributed by atoms with Gasteiger partial charge in [0.05, 0.1) is 26.1 Å². The summed E-state index contributed by atoms with van der Waals surface area (Å²) in [6.07, 6.45) is 0.314. The molecule has 0 bridgehead atoms. The molecule has 2 heterocycles. The molecule has 2 aliphatic heterocycles. The average molecular weight is 337 g/mol. The molecule has 25 heavy (non-hydrogen) atoms. The molecule has 2 aromatic carbocycles. The number of benzene rings is 2. The van der Waals surface area contributed by atoms with Crippen molar-refractivity contribution in [2.24, 2.45) is 0 Å². The van der Waals surface area contributed by atoms with Gasteiger partial charge in [-0.3, -0.25) is 9.63 Å². The lowest BCUT2D eigenvalue weighted by molar-refractivity contribution is -0.232. The van der Waals surface area contributed by atoms with Crippen LogP contribution in [0.3, 0.4) is 0 Å². The van der Waals surface area contributed by atoms with Crippen molar-refractivity contribution < 1.29 is 14.4 Å². The Bertz CT molecular complexity index is 773. The first-order chi connectivity index (χ1) is 12.1. The second-order valence-corrected chi connectivity index (χ2v) is 6.52. The maximum Gasteiger partial charge on any atom is 0.322 e. The fourth-order valence-corrected chi connectivity index (χ4v) is 3.24. The van der Waals surface area contributed by atoms with Crippen LogP contribution in [0.2, 0.25) is 0 Å². The standard InChI is InChI=1S/C19H19N3O3/c23-17-11-19(25-22(17)12-15-7-3-1-4-8-15)13-21(14-19)18(24)20-16-9-5-2-6-10-16/h1-10H,11-14H2,(H,20,24). The van der Waals surface area contributed by atoms with Crippen molar-refractivity contribution >= 4 is 17.6 Å². The molecule has 6 heteroatoms. The van der Waals surface area contributed by atoms with E-state index in [4.69, 9.17) is 4.84 Å². The molecule has 128 valence electrons. The molecule has 3 amide bonds. The molecule has 0 aromatic heterocycles. The highest BCUT2D eigenvalue weighted by atomic mass is 16.7. The van der Waals surface area contributed by atoms with Crippen molar-refractivity contribution in [2.75, 3.05) is 18.4 Å². The molecule has 0 saturated carbocycles. The summed E-state index contributed by atoms with van der Waals surface area (Å²) in [5.74, 6) is -0.0352. The minimum Gasteiger partial charge on any atom is -0.318 e. The van der Waals surface area contributed by atoms with Crippen LogP contribution >= 0.6 is 0 Å². The van der Waals surface area contributed by atoms with Crippen molar-refractivity contribution in [3.63, 3.8) is 0 Å². The molecule has 0 atom stereocenters. The van der Waals surface area contributed by atoms with Crippen molar-refractivity contribution in [1.82, 2.24) is 9.96 Å². The number of para-hydroxylation sites is 1. The number of rotatable bonds is 3. The van der Waals surface area contributed by atoms with Gasteiger partial charge in [-0.1, -0.05) is 48.5 Å². The summed E-state index contributed by atoms with van der Waals surface area (Å²) >= 11 is 0. The summed E-state index contributed by atoms with van der Waals surface area (Å²) in [7, 11) is 0. The molecule has 2 aromatic rings. The number of carbonyl (C=O) groups excluding carboxylic acids is 2. The van der Waals surface area contributed by atoms with E-state index in [9.17, 15) is 9.59 Å². The Labute approximate surface area is 145 Å². The van der Waals surface area contributed by atoms with Crippen LogP contribution in [0, 0.1) is 0 Å². The van der Waals surface area contributed by atoms with E-state index in [0.29, 0.717) is 26.1 Å². The van der Waals surface area contributed by atoms with E-state index < -0.39 is 5.60 Å². The van der Waals surface area contributed by atoms with Crippen LogP contribution in [-0.2, 0) is 16.2 Å². The number of hydroxylamine groups is 2. The second-order valence-electron chi connectivity index (χ2n) is 6.52. The van der Waals surface area contributed by atoms with E-state index >= 15 is 0 Å². The van der Waals surface area contributed by atoms with Gasteiger partial charge in [0.15, 0.2) is 0 Å². The Kier molecular flexibility index (Phi) is 3.89. The Morgan fingerprint density at radius 3 is 2.36 bits per heavy atom. The lowest BCUT2D eigenvalue weighted by Crippen LogP contribution is -2.64. The summed E-state index contributed by atoms with van der Waals surface area (Å²) in [4.78, 5) is 32.0. The maximum absolute atomic E-state index is 12.2. The third kappa shape index (κ3) is 3.21. The molecule has 1 spiro atoms. The Morgan fingerprint density at radius 1 is 1.04 bits per heavy atom. The molecule has 1 N–H and O–H groups in total. The highest BCUT2D eigenvalue weighted by molar-refractivity contribution is 5.90. The number of likely N-dealkylation sites (tertiary alicyclic amines) is 1. The first kappa shape index (κ1) is 15.7. The monoisotopic (exact) mass is 337 g/mol. The third-order valence-electron chi connectivity index (χ3n) is 4.49. The van der Waals surface area contributed by atoms with Crippen LogP contribution in [0.25, 0.3) is 0 Å². The van der Waals surface area contributed by atoms with Crippen LogP contribution in [-0.4, -0.2) is 40.6 Å². The number of hydrogen-bond donors (Lipinski definition) is 1. The number of carbonyl (C=O) groups is 2. The van der Waals surface area contributed by atoms with E-state index in [-0.39, 0.29) is 11.9 Å². The lowest BCUT2D eigenvalue weighted by atomic mass is 9.91. The quantitative estimate of drug-likeness (QED) is 0.936. The van der Waals surface area contributed by atoms with E-state index in [1.54, 1.807) is 4.90 Å². The van der Waals surface area contributed by atoms with Gasteiger partial charge < -0.3 is 10.2 Å². The lowest BCUT2D eigenvalue weighted by Gasteiger charge is -2.45. The van der Waals surface area contributed by atoms with Gasteiger partial charge in [-0.15, -0.1) is 0 Å². The summed E-state index contributed by atoms with van der Waals surface area (Å²) in [5, 5.41) is 4.26. The molecule has 2 aliphatic rings. The minimum atomic E-state index is -0.570. The van der Waals surface area contributed by atoms with Crippen LogP contribution < -0.4 is 5.32 Å². The minimum absolute atomic E-state index is 0.0352. The summed E-state index contributed by atoms with van der Waals surface area (Å²) in [6, 6.07) is 18.9. The van der Waals surface area contributed by atoms with Crippen LogP contribution in [0.4, 0.5) is 10.5 Å². The van der Waals surface area contributed by atoms with Gasteiger partial charge in [-0.05, 0) is 17.7 Å². The molecular formula is C19H19N3O3. The van der Waals surface area contributed by atoms with Crippen molar-refractivity contribution in [3.05, 3.63) is 66.2 Å². The molecule has 4 rings (SSSR count). The van der Waals surface area contributed by atoms with Crippen molar-refractivity contribution in [1.29, 1.82) is 0 Å². The summed E-state index contributed by atoms with van der Waals surface area (Å²) in [6.45, 7) is 1.27. The zero-order chi connectivity index (χ0) is 17.3. The third-order valence-corrected chi connectivity index (χ3v) is 4.49. The van der Waals surface area contributed by atoms with Gasteiger partial charge in [0.1, 0.15) is 5.60 Å². The van der Waals surface area contributed by atoms with E-state index in [2.05, 4.69) is 5.32 Å². The van der Waals surface area contributed by atoms with Crippen LogP contribution in [0.5, 0.6) is 0 Å². The fourth-order valence-electron chi connectivity index (χ4n) is 3.24. The number of hydrogen-bond acceptors (Lipinski definition) is 3. The summed E-state index contributed by atoms with van der Waals surface area (Å²) < 4.78 is 0. The molecule has 0 aliphatic carbocycles. The van der Waals surface area contributed by atoms with Gasteiger partial charge in [0.2, 0.25) is 5.91 Å². The number of anilines is 1. The van der Waals surface area contributed by atoms with Gasteiger partial charge >= 0.3 is 6.03 Å². The van der Waals surface area contributed by atoms with Gasteiger partial charge in [0.25, 0.3) is 0 Å². The highest BCUT2D eigenvalue weighted by Gasteiger charge is 2.54. The molecule has 6 nitrogen and oxygen atoms in total. The number of amides is 3. The van der Waals surface area contributed by atoms with E-state index in [0.717, 1.165) is 11.3 Å². The average Bonchev–Trinajstić information content (AvgIpc) is 2.92. The van der Waals surface area contributed by atoms with E-state index in [1.165, 1.54) is 5.06 Å². The fraction of sp³-hybridized carbons (Fsp3) is 0.263. The van der Waals surface area contributed by atoms with Crippen molar-refractivity contribution in [3.8, 4) is 0 Å². The van der Waals surface area contributed by atoms with Gasteiger partial charge in [-0.25, -0.2) is 9.86 Å². The second kappa shape index (κ2) is 6.22. The van der Waals surface area contributed by atoms with Crippen LogP contribution in [0.15, 0.2) is 60.7 Å². The number of nitrogens with zero attached hydrogens (tertiary/aromatic N) is 2. The zero-order valence-electron chi connectivity index (χ0n) is 13.7. The first-order valence-corrected chi connectivity index (χ1v) is 8.28.